The molecule has 1 heterocycles. The number of hydrogen-bond acceptors (Lipinski definition) is 1. The third kappa shape index (κ3) is 2.62. The van der Waals surface area contributed by atoms with E-state index in [4.69, 9.17) is 4.42 Å². The molecule has 2 rings (SSSR count). The summed E-state index contributed by atoms with van der Waals surface area (Å²) in [6.07, 6.45) is 2.96. The van der Waals surface area contributed by atoms with E-state index in [0.29, 0.717) is 0 Å². The van der Waals surface area contributed by atoms with Crippen molar-refractivity contribution in [2.24, 2.45) is 0 Å². The summed E-state index contributed by atoms with van der Waals surface area (Å²) < 4.78 is 5.17. The fraction of sp³-hybridized carbons (Fsp3) is 0.333. The van der Waals surface area contributed by atoms with Crippen LogP contribution in [0.5, 0.6) is 0 Å². The minimum absolute atomic E-state index is 0.964. The van der Waals surface area contributed by atoms with Crippen LogP contribution in [0.2, 0.25) is 0 Å². The SMILES string of the molecule is CCC.Cc1ccc2occc2c1. The maximum atomic E-state index is 5.17. The Morgan fingerprint density at radius 3 is 2.54 bits per heavy atom. The van der Waals surface area contributed by atoms with Crippen LogP contribution in [0.1, 0.15) is 25.8 Å². The van der Waals surface area contributed by atoms with E-state index in [9.17, 15) is 0 Å². The molecule has 1 nitrogen and oxygen atoms in total. The standard InChI is InChI=1S/C9H8O.C3H8/c1-7-2-3-9-8(6-7)4-5-10-9;1-3-2/h2-6H,1H3;3H2,1-2H3. The Hall–Kier alpha value is -1.24. The van der Waals surface area contributed by atoms with E-state index in [-0.39, 0.29) is 0 Å². The summed E-state index contributed by atoms with van der Waals surface area (Å²) in [5.74, 6) is 0. The molecule has 1 aromatic heterocycles. The Morgan fingerprint density at radius 1 is 1.15 bits per heavy atom. The van der Waals surface area contributed by atoms with Crippen LogP contribution in [-0.4, -0.2) is 0 Å². The molecule has 0 fully saturated rings. The second kappa shape index (κ2) is 4.70. The normalized spacial score (nSPS) is 9.46. The molecule has 0 amide bonds. The Balaban J connectivity index is 0.000000251. The van der Waals surface area contributed by atoms with Crippen molar-refractivity contribution in [2.75, 3.05) is 0 Å². The summed E-state index contributed by atoms with van der Waals surface area (Å²) >= 11 is 0. The minimum atomic E-state index is 0.964. The van der Waals surface area contributed by atoms with E-state index >= 15 is 0 Å². The van der Waals surface area contributed by atoms with Gasteiger partial charge in [-0.05, 0) is 25.1 Å². The fourth-order valence-electron chi connectivity index (χ4n) is 1.09. The lowest BCUT2D eigenvalue weighted by molar-refractivity contribution is 0.616. The summed E-state index contributed by atoms with van der Waals surface area (Å²) in [7, 11) is 0. The highest BCUT2D eigenvalue weighted by Gasteiger charge is 1.93. The van der Waals surface area contributed by atoms with Crippen molar-refractivity contribution in [1.29, 1.82) is 0 Å². The molecule has 0 aliphatic carbocycles. The molecule has 0 bridgehead atoms. The highest BCUT2D eigenvalue weighted by molar-refractivity contribution is 5.77. The Kier molecular flexibility index (Phi) is 3.56. The molecule has 13 heavy (non-hydrogen) atoms. The van der Waals surface area contributed by atoms with Crippen LogP contribution in [0.4, 0.5) is 0 Å². The monoisotopic (exact) mass is 176 g/mol. The predicted molar refractivity (Wildman–Crippen MR) is 56.9 cm³/mol. The molecule has 0 radical (unpaired) electrons. The molecule has 1 aromatic carbocycles. The van der Waals surface area contributed by atoms with Crippen LogP contribution in [-0.2, 0) is 0 Å². The molecular weight excluding hydrogens is 160 g/mol. The molecule has 70 valence electrons. The number of furan rings is 1. The lowest BCUT2D eigenvalue weighted by atomic mass is 10.2. The van der Waals surface area contributed by atoms with Crippen molar-refractivity contribution in [3.8, 4) is 0 Å². The van der Waals surface area contributed by atoms with Gasteiger partial charge in [0.2, 0.25) is 0 Å². The maximum Gasteiger partial charge on any atom is 0.133 e. The number of benzene rings is 1. The molecule has 0 aliphatic rings. The highest BCUT2D eigenvalue weighted by Crippen LogP contribution is 2.15. The van der Waals surface area contributed by atoms with Gasteiger partial charge in [-0.1, -0.05) is 31.9 Å². The van der Waals surface area contributed by atoms with Crippen molar-refractivity contribution in [2.45, 2.75) is 27.2 Å². The van der Waals surface area contributed by atoms with Crippen molar-refractivity contribution in [1.82, 2.24) is 0 Å². The van der Waals surface area contributed by atoms with Gasteiger partial charge < -0.3 is 4.42 Å². The number of hydrogen-bond donors (Lipinski definition) is 0. The Morgan fingerprint density at radius 2 is 1.85 bits per heavy atom. The molecule has 0 N–H and O–H groups in total. The van der Waals surface area contributed by atoms with E-state index in [0.717, 1.165) is 5.58 Å². The van der Waals surface area contributed by atoms with Gasteiger partial charge >= 0.3 is 0 Å². The van der Waals surface area contributed by atoms with E-state index in [1.807, 2.05) is 18.2 Å². The third-order valence-corrected chi connectivity index (χ3v) is 1.61. The zero-order valence-corrected chi connectivity index (χ0v) is 8.50. The maximum absolute atomic E-state index is 5.17. The van der Waals surface area contributed by atoms with Gasteiger partial charge in [-0.15, -0.1) is 0 Å². The number of aryl methyl sites for hydroxylation is 1. The van der Waals surface area contributed by atoms with Gasteiger partial charge in [0.15, 0.2) is 0 Å². The topological polar surface area (TPSA) is 13.1 Å². The third-order valence-electron chi connectivity index (χ3n) is 1.61. The molecule has 0 saturated carbocycles. The largest absolute Gasteiger partial charge is 0.464 e. The average molecular weight is 176 g/mol. The summed E-state index contributed by atoms with van der Waals surface area (Å²) in [4.78, 5) is 0. The zero-order valence-electron chi connectivity index (χ0n) is 8.50. The van der Waals surface area contributed by atoms with Gasteiger partial charge in [0, 0.05) is 5.39 Å². The highest BCUT2D eigenvalue weighted by atomic mass is 16.3. The first-order valence-electron chi connectivity index (χ1n) is 4.71. The van der Waals surface area contributed by atoms with Crippen LogP contribution < -0.4 is 0 Å². The second-order valence-corrected chi connectivity index (χ2v) is 3.17. The smallest absolute Gasteiger partial charge is 0.133 e. The molecule has 2 aromatic rings. The molecule has 0 saturated heterocycles. The van der Waals surface area contributed by atoms with E-state index in [1.54, 1.807) is 6.26 Å². The quantitative estimate of drug-likeness (QED) is 0.587. The lowest BCUT2D eigenvalue weighted by Gasteiger charge is -1.89. The summed E-state index contributed by atoms with van der Waals surface area (Å²) in [5, 5.41) is 1.18. The zero-order chi connectivity index (χ0) is 9.68. The van der Waals surface area contributed by atoms with Crippen LogP contribution >= 0.6 is 0 Å². The predicted octanol–water partition coefficient (Wildman–Crippen LogP) is 4.16. The first-order chi connectivity index (χ1) is 6.27. The first-order valence-corrected chi connectivity index (χ1v) is 4.71. The van der Waals surface area contributed by atoms with Gasteiger partial charge in [-0.3, -0.25) is 0 Å². The molecule has 0 aliphatic heterocycles. The van der Waals surface area contributed by atoms with Crippen molar-refractivity contribution in [3.63, 3.8) is 0 Å². The van der Waals surface area contributed by atoms with E-state index in [1.165, 1.54) is 17.4 Å². The molecule has 1 heteroatoms. The van der Waals surface area contributed by atoms with Gasteiger partial charge in [0.1, 0.15) is 5.58 Å². The van der Waals surface area contributed by atoms with Crippen LogP contribution in [0.25, 0.3) is 11.0 Å². The average Bonchev–Trinajstić information content (AvgIpc) is 2.52. The lowest BCUT2D eigenvalue weighted by Crippen LogP contribution is -1.67. The van der Waals surface area contributed by atoms with Gasteiger partial charge in [0.05, 0.1) is 6.26 Å². The van der Waals surface area contributed by atoms with E-state index < -0.39 is 0 Å². The van der Waals surface area contributed by atoms with Gasteiger partial charge in [-0.25, -0.2) is 0 Å². The van der Waals surface area contributed by atoms with Crippen LogP contribution in [0, 0.1) is 6.92 Å². The summed E-state index contributed by atoms with van der Waals surface area (Å²) in [5.41, 5.74) is 2.24. The van der Waals surface area contributed by atoms with Gasteiger partial charge in [-0.2, -0.15) is 0 Å². The molecule has 0 unspecified atom stereocenters. The molecule has 0 atom stereocenters. The molecule has 0 spiro atoms. The van der Waals surface area contributed by atoms with Crippen molar-refractivity contribution >= 4 is 11.0 Å². The number of rotatable bonds is 0. The number of fused-ring (bicyclic) bond motifs is 1. The Bertz CT molecular complexity index is 360. The van der Waals surface area contributed by atoms with E-state index in [2.05, 4.69) is 26.8 Å². The Labute approximate surface area is 79.4 Å². The van der Waals surface area contributed by atoms with Crippen LogP contribution in [0.15, 0.2) is 34.9 Å². The van der Waals surface area contributed by atoms with Gasteiger partial charge in [0.25, 0.3) is 0 Å². The summed E-state index contributed by atoms with van der Waals surface area (Å²) in [6.45, 7) is 6.33. The van der Waals surface area contributed by atoms with Crippen LogP contribution in [0.3, 0.4) is 0 Å². The molecular formula is C12H16O. The first kappa shape index (κ1) is 9.85. The minimum Gasteiger partial charge on any atom is -0.464 e. The summed E-state index contributed by atoms with van der Waals surface area (Å²) in [6, 6.07) is 8.12. The van der Waals surface area contributed by atoms with Crippen molar-refractivity contribution in [3.05, 3.63) is 36.1 Å². The second-order valence-electron chi connectivity index (χ2n) is 3.17. The fourth-order valence-corrected chi connectivity index (χ4v) is 1.09. The van der Waals surface area contributed by atoms with Crippen molar-refractivity contribution < 1.29 is 4.42 Å².